The minimum absolute atomic E-state index is 0.132. The van der Waals surface area contributed by atoms with Crippen LogP contribution in [0.4, 0.5) is 5.82 Å². The maximum atomic E-state index is 12.2. The summed E-state index contributed by atoms with van der Waals surface area (Å²) >= 11 is 7.16. The number of hydrogen-bond acceptors (Lipinski definition) is 5. The first-order chi connectivity index (χ1) is 12.6. The molecule has 3 aromatic heterocycles. The number of pyridine rings is 2. The highest BCUT2D eigenvalue weighted by atomic mass is 35.5. The second kappa shape index (κ2) is 8.78. The van der Waals surface area contributed by atoms with Gasteiger partial charge in [-0.25, -0.2) is 4.98 Å². The second-order valence-corrected chi connectivity index (χ2v) is 7.48. The lowest BCUT2D eigenvalue weighted by Gasteiger charge is -2.21. The molecule has 0 aliphatic heterocycles. The van der Waals surface area contributed by atoms with Crippen LogP contribution in [0, 0.1) is 0 Å². The number of amides is 1. The molecule has 0 aromatic carbocycles. The topological polar surface area (TPSA) is 58.1 Å². The van der Waals surface area contributed by atoms with E-state index in [2.05, 4.69) is 20.2 Å². The molecule has 7 heteroatoms. The summed E-state index contributed by atoms with van der Waals surface area (Å²) in [5.41, 5.74) is 2.01. The van der Waals surface area contributed by atoms with Gasteiger partial charge in [0.1, 0.15) is 5.82 Å². The Bertz CT molecular complexity index is 869. The number of nitrogens with one attached hydrogen (secondary N) is 1. The van der Waals surface area contributed by atoms with E-state index in [0.717, 1.165) is 30.0 Å². The fraction of sp³-hybridized carbons (Fsp3) is 0.211. The highest BCUT2D eigenvalue weighted by Gasteiger charge is 2.12. The second-order valence-electron chi connectivity index (χ2n) is 5.77. The summed E-state index contributed by atoms with van der Waals surface area (Å²) in [5.74, 6) is 0.723. The van der Waals surface area contributed by atoms with Crippen molar-refractivity contribution in [1.29, 1.82) is 0 Å². The van der Waals surface area contributed by atoms with Crippen molar-refractivity contribution < 1.29 is 4.79 Å². The number of likely N-dealkylation sites (N-methyl/N-ethyl adjacent to an activating group) is 1. The van der Waals surface area contributed by atoms with Crippen molar-refractivity contribution in [3.8, 4) is 0 Å². The fourth-order valence-corrected chi connectivity index (χ4v) is 3.50. The molecule has 3 heterocycles. The van der Waals surface area contributed by atoms with E-state index >= 15 is 0 Å². The summed E-state index contributed by atoms with van der Waals surface area (Å²) in [5, 5.41) is 2.93. The Morgan fingerprint density at radius 2 is 2.00 bits per heavy atom. The minimum Gasteiger partial charge on any atom is -0.359 e. The summed E-state index contributed by atoms with van der Waals surface area (Å²) in [6, 6.07) is 13.2. The van der Waals surface area contributed by atoms with Crippen LogP contribution in [0.1, 0.15) is 20.9 Å². The van der Waals surface area contributed by atoms with Gasteiger partial charge in [-0.05, 0) is 30.3 Å². The zero-order valence-corrected chi connectivity index (χ0v) is 15.9. The van der Waals surface area contributed by atoms with Gasteiger partial charge in [-0.15, -0.1) is 11.3 Å². The molecule has 0 aliphatic rings. The predicted molar refractivity (Wildman–Crippen MR) is 106 cm³/mol. The zero-order valence-electron chi connectivity index (χ0n) is 14.4. The van der Waals surface area contributed by atoms with Gasteiger partial charge in [0.2, 0.25) is 0 Å². The van der Waals surface area contributed by atoms with Crippen molar-refractivity contribution in [3.05, 3.63) is 75.3 Å². The number of hydrogen-bond donors (Lipinski definition) is 1. The third-order valence-corrected chi connectivity index (χ3v) is 5.12. The summed E-state index contributed by atoms with van der Waals surface area (Å²) in [6.45, 7) is 1.20. The highest BCUT2D eigenvalue weighted by molar-refractivity contribution is 7.17. The van der Waals surface area contributed by atoms with Crippen molar-refractivity contribution in [2.24, 2.45) is 0 Å². The predicted octanol–water partition coefficient (Wildman–Crippen LogP) is 3.80. The van der Waals surface area contributed by atoms with Crippen LogP contribution in [0.25, 0.3) is 0 Å². The molecule has 0 unspecified atom stereocenters. The maximum Gasteiger partial charge on any atom is 0.261 e. The van der Waals surface area contributed by atoms with Gasteiger partial charge >= 0.3 is 0 Å². The summed E-state index contributed by atoms with van der Waals surface area (Å²) in [6.07, 6.45) is 4.39. The van der Waals surface area contributed by atoms with Gasteiger partial charge in [0.15, 0.2) is 0 Å². The average Bonchev–Trinajstić information content (AvgIpc) is 3.12. The first kappa shape index (κ1) is 18.4. The zero-order chi connectivity index (χ0) is 18.4. The lowest BCUT2D eigenvalue weighted by molar-refractivity contribution is 0.0955. The molecule has 0 spiro atoms. The maximum absolute atomic E-state index is 12.2. The molecule has 0 bridgehead atoms. The van der Waals surface area contributed by atoms with Crippen molar-refractivity contribution in [2.45, 2.75) is 13.0 Å². The van der Waals surface area contributed by atoms with Crippen molar-refractivity contribution >= 4 is 34.7 Å². The van der Waals surface area contributed by atoms with Crippen molar-refractivity contribution in [2.75, 3.05) is 18.5 Å². The first-order valence-electron chi connectivity index (χ1n) is 8.22. The molecular formula is C19H19ClN4OS. The quantitative estimate of drug-likeness (QED) is 0.671. The van der Waals surface area contributed by atoms with Crippen LogP contribution in [0.5, 0.6) is 0 Å². The lowest BCUT2D eigenvalue weighted by atomic mass is 10.2. The smallest absolute Gasteiger partial charge is 0.261 e. The highest BCUT2D eigenvalue weighted by Crippen LogP contribution is 2.22. The number of thiophene rings is 1. The van der Waals surface area contributed by atoms with E-state index in [0.29, 0.717) is 15.8 Å². The third-order valence-electron chi connectivity index (χ3n) is 3.89. The number of rotatable bonds is 7. The summed E-state index contributed by atoms with van der Waals surface area (Å²) in [7, 11) is 2.00. The number of halogens is 1. The molecule has 134 valence electrons. The SMILES string of the molecule is CN(CCc1ccccn1)c1ncccc1CNC(=O)c1ccc(Cl)s1. The largest absolute Gasteiger partial charge is 0.359 e. The van der Waals surface area contributed by atoms with Gasteiger partial charge < -0.3 is 10.2 Å². The van der Waals surface area contributed by atoms with E-state index in [-0.39, 0.29) is 5.91 Å². The Labute approximate surface area is 161 Å². The number of nitrogens with zero attached hydrogens (tertiary/aromatic N) is 3. The molecule has 3 rings (SSSR count). The van der Waals surface area contributed by atoms with Crippen LogP contribution in [-0.2, 0) is 13.0 Å². The Balaban J connectivity index is 1.62. The fourth-order valence-electron chi connectivity index (χ4n) is 2.55. The van der Waals surface area contributed by atoms with Crippen molar-refractivity contribution in [1.82, 2.24) is 15.3 Å². The van der Waals surface area contributed by atoms with E-state index in [1.54, 1.807) is 24.5 Å². The summed E-state index contributed by atoms with van der Waals surface area (Å²) < 4.78 is 0.603. The monoisotopic (exact) mass is 386 g/mol. The van der Waals surface area contributed by atoms with E-state index < -0.39 is 0 Å². The van der Waals surface area contributed by atoms with Gasteiger partial charge in [0.05, 0.1) is 9.21 Å². The van der Waals surface area contributed by atoms with Crippen LogP contribution < -0.4 is 10.2 Å². The first-order valence-corrected chi connectivity index (χ1v) is 9.41. The molecular weight excluding hydrogens is 368 g/mol. The minimum atomic E-state index is -0.132. The van der Waals surface area contributed by atoms with Crippen LogP contribution in [0.2, 0.25) is 4.34 Å². The number of aromatic nitrogens is 2. The molecule has 1 amide bonds. The van der Waals surface area contributed by atoms with Crippen molar-refractivity contribution in [3.63, 3.8) is 0 Å². The van der Waals surface area contributed by atoms with Crippen LogP contribution in [0.15, 0.2) is 54.9 Å². The molecule has 0 saturated heterocycles. The molecule has 26 heavy (non-hydrogen) atoms. The van der Waals surface area contributed by atoms with Gasteiger partial charge in [0.25, 0.3) is 5.91 Å². The van der Waals surface area contributed by atoms with Gasteiger partial charge in [0, 0.05) is 50.2 Å². The van der Waals surface area contributed by atoms with Gasteiger partial charge in [-0.1, -0.05) is 23.7 Å². The number of carbonyl (C=O) groups excluding carboxylic acids is 1. The van der Waals surface area contributed by atoms with E-state index in [4.69, 9.17) is 11.6 Å². The van der Waals surface area contributed by atoms with Crippen LogP contribution in [0.3, 0.4) is 0 Å². The van der Waals surface area contributed by atoms with Gasteiger partial charge in [-0.2, -0.15) is 0 Å². The molecule has 5 nitrogen and oxygen atoms in total. The normalized spacial score (nSPS) is 10.5. The molecule has 0 radical (unpaired) electrons. The molecule has 0 fully saturated rings. The molecule has 1 N–H and O–H groups in total. The molecule has 0 aliphatic carbocycles. The number of anilines is 1. The Morgan fingerprint density at radius 1 is 1.15 bits per heavy atom. The standard InChI is InChI=1S/C19H19ClN4OS/c1-24(12-9-15-6-2-3-10-21-15)18-14(5-4-11-22-18)13-23-19(25)16-7-8-17(20)26-16/h2-8,10-11H,9,12-13H2,1H3,(H,23,25). The number of carbonyl (C=O) groups is 1. The van der Waals surface area contributed by atoms with Crippen LogP contribution in [-0.4, -0.2) is 29.5 Å². The van der Waals surface area contributed by atoms with Crippen LogP contribution >= 0.6 is 22.9 Å². The molecule has 0 saturated carbocycles. The molecule has 0 atom stereocenters. The molecule has 3 aromatic rings. The van der Waals surface area contributed by atoms with E-state index in [9.17, 15) is 4.79 Å². The average molecular weight is 387 g/mol. The van der Waals surface area contributed by atoms with Gasteiger partial charge in [-0.3, -0.25) is 9.78 Å². The Hall–Kier alpha value is -2.44. The Morgan fingerprint density at radius 3 is 2.73 bits per heavy atom. The third kappa shape index (κ3) is 4.80. The lowest BCUT2D eigenvalue weighted by Crippen LogP contribution is -2.26. The summed E-state index contributed by atoms with van der Waals surface area (Å²) in [4.78, 5) is 23.7. The Kier molecular flexibility index (Phi) is 6.20. The van der Waals surface area contributed by atoms with E-state index in [1.807, 2.05) is 37.4 Å². The van der Waals surface area contributed by atoms with E-state index in [1.165, 1.54) is 11.3 Å².